The normalized spacial score (nSPS) is 10.4. The first-order chi connectivity index (χ1) is 11.6. The monoisotopic (exact) mass is 363 g/mol. The Balaban J connectivity index is 2.06. The Labute approximate surface area is 150 Å². The van der Waals surface area contributed by atoms with Crippen molar-refractivity contribution in [3.63, 3.8) is 0 Å². The van der Waals surface area contributed by atoms with Gasteiger partial charge in [0.05, 0.1) is 5.75 Å². The highest BCUT2D eigenvalue weighted by Gasteiger charge is 2.16. The third kappa shape index (κ3) is 4.39. The van der Waals surface area contributed by atoms with Crippen LogP contribution in [0.1, 0.15) is 0 Å². The Bertz CT molecular complexity index is 719. The molecular formula is C16H18ClN5OS. The lowest BCUT2D eigenvalue weighted by atomic mass is 10.2. The lowest BCUT2D eigenvalue weighted by molar-refractivity contribution is -0.127. The van der Waals surface area contributed by atoms with Crippen LogP contribution in [-0.4, -0.2) is 44.5 Å². The van der Waals surface area contributed by atoms with E-state index in [9.17, 15) is 4.79 Å². The summed E-state index contributed by atoms with van der Waals surface area (Å²) in [6.45, 7) is 8.24. The number of aromatic nitrogens is 3. The fourth-order valence-electron chi connectivity index (χ4n) is 1.98. The van der Waals surface area contributed by atoms with E-state index in [2.05, 4.69) is 23.4 Å². The molecule has 0 aliphatic heterocycles. The lowest BCUT2D eigenvalue weighted by Crippen LogP contribution is -2.32. The average Bonchev–Trinajstić information content (AvgIpc) is 2.94. The molecule has 2 N–H and O–H groups in total. The van der Waals surface area contributed by atoms with E-state index in [-0.39, 0.29) is 11.7 Å². The Morgan fingerprint density at radius 1 is 1.25 bits per heavy atom. The number of nitrogen functional groups attached to an aromatic ring is 1. The number of hydrogen-bond acceptors (Lipinski definition) is 5. The third-order valence-electron chi connectivity index (χ3n) is 3.14. The predicted octanol–water partition coefficient (Wildman–Crippen LogP) is 2.60. The minimum atomic E-state index is -0.0455. The Hall–Kier alpha value is -2.25. The van der Waals surface area contributed by atoms with Gasteiger partial charge in [-0.05, 0) is 24.3 Å². The number of nitrogens with zero attached hydrogens (tertiary/aromatic N) is 4. The van der Waals surface area contributed by atoms with Gasteiger partial charge in [-0.1, -0.05) is 35.5 Å². The van der Waals surface area contributed by atoms with Crippen molar-refractivity contribution < 1.29 is 4.79 Å². The molecule has 0 radical (unpaired) electrons. The first-order valence-corrected chi connectivity index (χ1v) is 8.52. The van der Waals surface area contributed by atoms with Crippen LogP contribution in [0.15, 0.2) is 54.7 Å². The maximum Gasteiger partial charge on any atom is 0.233 e. The van der Waals surface area contributed by atoms with E-state index in [1.165, 1.54) is 16.4 Å². The number of carbonyl (C=O) groups excluding carboxylic acids is 1. The van der Waals surface area contributed by atoms with Gasteiger partial charge < -0.3 is 10.7 Å². The molecule has 8 heteroatoms. The van der Waals surface area contributed by atoms with E-state index in [1.807, 2.05) is 12.1 Å². The number of amides is 1. The van der Waals surface area contributed by atoms with Crippen LogP contribution in [0.25, 0.3) is 11.4 Å². The molecule has 0 bridgehead atoms. The van der Waals surface area contributed by atoms with Crippen LogP contribution >= 0.6 is 23.4 Å². The molecule has 2 rings (SSSR count). The molecule has 0 unspecified atom stereocenters. The molecular weight excluding hydrogens is 346 g/mol. The predicted molar refractivity (Wildman–Crippen MR) is 98.3 cm³/mol. The summed E-state index contributed by atoms with van der Waals surface area (Å²) >= 11 is 7.11. The van der Waals surface area contributed by atoms with Crippen LogP contribution in [-0.2, 0) is 4.79 Å². The quantitative estimate of drug-likeness (QED) is 0.443. The first kappa shape index (κ1) is 18.1. The molecule has 1 amide bonds. The zero-order chi connectivity index (χ0) is 17.5. The van der Waals surface area contributed by atoms with E-state index >= 15 is 0 Å². The first-order valence-electron chi connectivity index (χ1n) is 7.15. The summed E-state index contributed by atoms with van der Waals surface area (Å²) in [5.74, 6) is 6.70. The summed E-state index contributed by atoms with van der Waals surface area (Å²) < 4.78 is 1.37. The van der Waals surface area contributed by atoms with Crippen LogP contribution < -0.4 is 5.84 Å². The standard InChI is InChI=1S/C16H18ClN5OS/c1-3-9-21(10-4-2)14(23)11-24-16-20-19-15(22(16)18)12-5-7-13(17)8-6-12/h3-8H,1-2,9-11,18H2. The van der Waals surface area contributed by atoms with Gasteiger partial charge >= 0.3 is 0 Å². The molecule has 0 spiro atoms. The number of benzene rings is 1. The molecule has 24 heavy (non-hydrogen) atoms. The van der Waals surface area contributed by atoms with Gasteiger partial charge in [0.2, 0.25) is 11.1 Å². The number of thioether (sulfide) groups is 1. The number of halogens is 1. The number of hydrogen-bond donors (Lipinski definition) is 1. The summed E-state index contributed by atoms with van der Waals surface area (Å²) in [7, 11) is 0. The van der Waals surface area contributed by atoms with Crippen molar-refractivity contribution in [3.05, 3.63) is 54.6 Å². The third-order valence-corrected chi connectivity index (χ3v) is 4.32. The van der Waals surface area contributed by atoms with E-state index in [0.29, 0.717) is 29.1 Å². The van der Waals surface area contributed by atoms with E-state index in [4.69, 9.17) is 17.4 Å². The summed E-state index contributed by atoms with van der Waals surface area (Å²) in [4.78, 5) is 13.9. The van der Waals surface area contributed by atoms with Gasteiger partial charge in [-0.3, -0.25) is 4.79 Å². The van der Waals surface area contributed by atoms with Crippen LogP contribution in [0.3, 0.4) is 0 Å². The molecule has 0 saturated heterocycles. The summed E-state index contributed by atoms with van der Waals surface area (Å²) in [5.41, 5.74) is 0.799. The smallest absolute Gasteiger partial charge is 0.233 e. The summed E-state index contributed by atoms with van der Waals surface area (Å²) in [6, 6.07) is 7.13. The van der Waals surface area contributed by atoms with Crippen molar-refractivity contribution >= 4 is 29.3 Å². The number of carbonyl (C=O) groups is 1. The van der Waals surface area contributed by atoms with E-state index < -0.39 is 0 Å². The van der Waals surface area contributed by atoms with Gasteiger partial charge in [0, 0.05) is 23.7 Å². The molecule has 2 aromatic rings. The SMILES string of the molecule is C=CCN(CC=C)C(=O)CSc1nnc(-c2ccc(Cl)cc2)n1N. The van der Waals surface area contributed by atoms with Crippen molar-refractivity contribution in [2.45, 2.75) is 5.16 Å². The van der Waals surface area contributed by atoms with Crippen molar-refractivity contribution in [2.75, 3.05) is 24.7 Å². The van der Waals surface area contributed by atoms with Crippen LogP contribution in [0, 0.1) is 0 Å². The van der Waals surface area contributed by atoms with E-state index in [0.717, 1.165) is 5.56 Å². The highest BCUT2D eigenvalue weighted by Crippen LogP contribution is 2.23. The second kappa shape index (κ2) is 8.56. The molecule has 0 aliphatic rings. The van der Waals surface area contributed by atoms with Gasteiger partial charge in [-0.2, -0.15) is 0 Å². The zero-order valence-corrected chi connectivity index (χ0v) is 14.6. The van der Waals surface area contributed by atoms with Crippen molar-refractivity contribution in [1.29, 1.82) is 0 Å². The molecule has 6 nitrogen and oxygen atoms in total. The van der Waals surface area contributed by atoms with Gasteiger partial charge in [-0.25, -0.2) is 4.68 Å². The molecule has 0 fully saturated rings. The molecule has 0 saturated carbocycles. The fourth-order valence-corrected chi connectivity index (χ4v) is 2.86. The molecule has 1 heterocycles. The average molecular weight is 364 g/mol. The Morgan fingerprint density at radius 3 is 2.46 bits per heavy atom. The second-order valence-electron chi connectivity index (χ2n) is 4.85. The minimum Gasteiger partial charge on any atom is -0.335 e. The highest BCUT2D eigenvalue weighted by molar-refractivity contribution is 7.99. The molecule has 0 atom stereocenters. The maximum absolute atomic E-state index is 12.2. The maximum atomic E-state index is 12.2. The lowest BCUT2D eigenvalue weighted by Gasteiger charge is -2.18. The number of nitrogens with two attached hydrogens (primary N) is 1. The van der Waals surface area contributed by atoms with Crippen molar-refractivity contribution in [3.8, 4) is 11.4 Å². The molecule has 1 aromatic carbocycles. The largest absolute Gasteiger partial charge is 0.335 e. The van der Waals surface area contributed by atoms with Gasteiger partial charge in [0.1, 0.15) is 0 Å². The Morgan fingerprint density at radius 2 is 1.88 bits per heavy atom. The van der Waals surface area contributed by atoms with Crippen LogP contribution in [0.2, 0.25) is 5.02 Å². The van der Waals surface area contributed by atoms with Gasteiger partial charge in [0.15, 0.2) is 5.82 Å². The summed E-state index contributed by atoms with van der Waals surface area (Å²) in [6.07, 6.45) is 3.35. The van der Waals surface area contributed by atoms with E-state index in [1.54, 1.807) is 29.2 Å². The van der Waals surface area contributed by atoms with Crippen molar-refractivity contribution in [2.24, 2.45) is 0 Å². The number of rotatable bonds is 8. The second-order valence-corrected chi connectivity index (χ2v) is 6.23. The molecule has 126 valence electrons. The van der Waals surface area contributed by atoms with Gasteiger partial charge in [0.25, 0.3) is 0 Å². The van der Waals surface area contributed by atoms with Crippen LogP contribution in [0.4, 0.5) is 0 Å². The van der Waals surface area contributed by atoms with Crippen LogP contribution in [0.5, 0.6) is 0 Å². The Kier molecular flexibility index (Phi) is 6.45. The zero-order valence-electron chi connectivity index (χ0n) is 13.1. The fraction of sp³-hybridized carbons (Fsp3) is 0.188. The highest BCUT2D eigenvalue weighted by atomic mass is 35.5. The van der Waals surface area contributed by atoms with Crippen molar-refractivity contribution in [1.82, 2.24) is 19.8 Å². The topological polar surface area (TPSA) is 77.0 Å². The molecule has 0 aliphatic carbocycles. The minimum absolute atomic E-state index is 0.0455. The molecule has 1 aromatic heterocycles. The summed E-state index contributed by atoms with van der Waals surface area (Å²) in [5, 5.41) is 9.22. The van der Waals surface area contributed by atoms with Gasteiger partial charge in [-0.15, -0.1) is 23.4 Å².